The Morgan fingerprint density at radius 1 is 1.44 bits per heavy atom. The molecule has 2 unspecified atom stereocenters. The molecule has 18 heavy (non-hydrogen) atoms. The average molecular weight is 273 g/mol. The first-order valence-corrected chi connectivity index (χ1v) is 6.81. The Kier molecular flexibility index (Phi) is 5.66. The van der Waals surface area contributed by atoms with Crippen molar-refractivity contribution in [2.75, 3.05) is 6.54 Å². The van der Waals surface area contributed by atoms with E-state index in [-0.39, 0.29) is 17.9 Å². The molecule has 2 atom stereocenters. The summed E-state index contributed by atoms with van der Waals surface area (Å²) in [6.07, 6.45) is 2.97. The van der Waals surface area contributed by atoms with Crippen molar-refractivity contribution in [3.63, 3.8) is 0 Å². The van der Waals surface area contributed by atoms with E-state index in [9.17, 15) is 9.59 Å². The summed E-state index contributed by atoms with van der Waals surface area (Å²) in [6.45, 7) is 6.36. The van der Waals surface area contributed by atoms with Gasteiger partial charge in [-0.2, -0.15) is 0 Å². The molecule has 0 aromatic heterocycles. The lowest BCUT2D eigenvalue weighted by molar-refractivity contribution is -0.149. The minimum absolute atomic E-state index is 0.0162. The molecule has 5 heteroatoms. The summed E-state index contributed by atoms with van der Waals surface area (Å²) in [4.78, 5) is 25.9. The van der Waals surface area contributed by atoms with Crippen LogP contribution < -0.4 is 5.32 Å². The first kappa shape index (κ1) is 15.0. The van der Waals surface area contributed by atoms with Crippen molar-refractivity contribution in [1.29, 1.82) is 0 Å². The molecule has 0 bridgehead atoms. The molecule has 0 spiro atoms. The zero-order chi connectivity index (χ0) is 13.7. The second-order valence-corrected chi connectivity index (χ2v) is 5.22. The van der Waals surface area contributed by atoms with Gasteiger partial charge in [0.25, 0.3) is 0 Å². The Balaban J connectivity index is 2.90. The number of amides is 2. The fraction of sp³-hybridized carbons (Fsp3) is 0.692. The third-order valence-corrected chi connectivity index (χ3v) is 3.25. The summed E-state index contributed by atoms with van der Waals surface area (Å²) < 4.78 is 0. The molecule has 1 rings (SSSR count). The number of carbonyl (C=O) groups excluding carboxylic acids is 2. The Bertz CT molecular complexity index is 342. The lowest BCUT2D eigenvalue weighted by atomic mass is 9.97. The van der Waals surface area contributed by atoms with Crippen LogP contribution in [0.5, 0.6) is 0 Å². The largest absolute Gasteiger partial charge is 0.343 e. The van der Waals surface area contributed by atoms with Crippen LogP contribution in [0.4, 0.5) is 0 Å². The molecule has 1 saturated heterocycles. The Morgan fingerprint density at radius 2 is 2.11 bits per heavy atom. The lowest BCUT2D eigenvalue weighted by Crippen LogP contribution is -2.63. The number of rotatable bonds is 5. The Labute approximate surface area is 113 Å². The van der Waals surface area contributed by atoms with Gasteiger partial charge < -0.3 is 10.2 Å². The van der Waals surface area contributed by atoms with Gasteiger partial charge in [-0.3, -0.25) is 9.59 Å². The third-order valence-electron chi connectivity index (χ3n) is 3.07. The number of nitrogens with one attached hydrogen (secondary N) is 1. The van der Waals surface area contributed by atoms with Crippen molar-refractivity contribution >= 4 is 23.4 Å². The SMILES string of the molecule is CCC1NC(=O)C(CC(C)C)N(C/C=C/Cl)C1=O. The highest BCUT2D eigenvalue weighted by atomic mass is 35.5. The van der Waals surface area contributed by atoms with Gasteiger partial charge in [-0.1, -0.05) is 38.4 Å². The first-order chi connectivity index (χ1) is 8.51. The number of hydrogen-bond donors (Lipinski definition) is 1. The summed E-state index contributed by atoms with van der Waals surface area (Å²) in [5.41, 5.74) is 1.38. The van der Waals surface area contributed by atoms with E-state index in [1.807, 2.05) is 20.8 Å². The fourth-order valence-electron chi connectivity index (χ4n) is 2.15. The topological polar surface area (TPSA) is 49.4 Å². The van der Waals surface area contributed by atoms with Gasteiger partial charge >= 0.3 is 0 Å². The van der Waals surface area contributed by atoms with Crippen molar-refractivity contribution in [2.24, 2.45) is 5.92 Å². The quantitative estimate of drug-likeness (QED) is 0.831. The minimum Gasteiger partial charge on any atom is -0.343 e. The molecule has 0 saturated carbocycles. The van der Waals surface area contributed by atoms with Crippen LogP contribution in [-0.2, 0) is 9.59 Å². The zero-order valence-electron chi connectivity index (χ0n) is 11.1. The van der Waals surface area contributed by atoms with Gasteiger partial charge in [-0.15, -0.1) is 0 Å². The highest BCUT2D eigenvalue weighted by Gasteiger charge is 2.39. The number of nitrogens with zero attached hydrogens (tertiary/aromatic N) is 1. The van der Waals surface area contributed by atoms with E-state index in [4.69, 9.17) is 11.6 Å². The highest BCUT2D eigenvalue weighted by Crippen LogP contribution is 2.18. The predicted molar refractivity (Wildman–Crippen MR) is 72.2 cm³/mol. The van der Waals surface area contributed by atoms with Crippen molar-refractivity contribution in [2.45, 2.75) is 45.7 Å². The van der Waals surface area contributed by atoms with E-state index in [1.165, 1.54) is 5.54 Å². The number of hydrogen-bond acceptors (Lipinski definition) is 2. The third kappa shape index (κ3) is 3.48. The smallest absolute Gasteiger partial charge is 0.246 e. The van der Waals surface area contributed by atoms with E-state index in [2.05, 4.69) is 5.32 Å². The van der Waals surface area contributed by atoms with Crippen molar-refractivity contribution in [3.05, 3.63) is 11.6 Å². The van der Waals surface area contributed by atoms with E-state index in [0.29, 0.717) is 25.3 Å². The molecule has 1 aliphatic heterocycles. The first-order valence-electron chi connectivity index (χ1n) is 6.37. The van der Waals surface area contributed by atoms with Gasteiger partial charge in [0.05, 0.1) is 0 Å². The lowest BCUT2D eigenvalue weighted by Gasteiger charge is -2.39. The molecule has 2 amide bonds. The molecule has 0 aromatic carbocycles. The minimum atomic E-state index is -0.398. The molecule has 0 aliphatic carbocycles. The molecule has 4 nitrogen and oxygen atoms in total. The van der Waals surface area contributed by atoms with E-state index in [0.717, 1.165) is 0 Å². The van der Waals surface area contributed by atoms with Crippen LogP contribution in [-0.4, -0.2) is 35.3 Å². The summed E-state index contributed by atoms with van der Waals surface area (Å²) in [5, 5.41) is 2.79. The Hall–Kier alpha value is -1.03. The van der Waals surface area contributed by atoms with Gasteiger partial charge in [0.15, 0.2) is 0 Å². The van der Waals surface area contributed by atoms with E-state index < -0.39 is 6.04 Å². The fourth-order valence-corrected chi connectivity index (χ4v) is 2.23. The maximum Gasteiger partial charge on any atom is 0.246 e. The Morgan fingerprint density at radius 3 is 2.61 bits per heavy atom. The van der Waals surface area contributed by atoms with Gasteiger partial charge in [-0.25, -0.2) is 0 Å². The average Bonchev–Trinajstić information content (AvgIpc) is 2.32. The molecule has 1 heterocycles. The van der Waals surface area contributed by atoms with Crippen molar-refractivity contribution in [1.82, 2.24) is 10.2 Å². The van der Waals surface area contributed by atoms with Crippen molar-refractivity contribution in [3.8, 4) is 0 Å². The van der Waals surface area contributed by atoms with Crippen LogP contribution in [0.2, 0.25) is 0 Å². The predicted octanol–water partition coefficient (Wildman–Crippen LogP) is 1.89. The number of carbonyl (C=O) groups is 2. The molecule has 1 aliphatic rings. The molecule has 102 valence electrons. The second kappa shape index (κ2) is 6.78. The monoisotopic (exact) mass is 272 g/mol. The number of halogens is 1. The summed E-state index contributed by atoms with van der Waals surface area (Å²) in [5.74, 6) is 0.282. The van der Waals surface area contributed by atoms with Crippen LogP contribution >= 0.6 is 11.6 Å². The molecular weight excluding hydrogens is 252 g/mol. The normalized spacial score (nSPS) is 25.1. The van der Waals surface area contributed by atoms with E-state index in [1.54, 1.807) is 11.0 Å². The van der Waals surface area contributed by atoms with Crippen molar-refractivity contribution < 1.29 is 9.59 Å². The van der Waals surface area contributed by atoms with Crippen LogP contribution in [0.3, 0.4) is 0 Å². The summed E-state index contributed by atoms with van der Waals surface area (Å²) in [6, 6.07) is -0.780. The molecular formula is C13H21ClN2O2. The van der Waals surface area contributed by atoms with Gasteiger partial charge in [0.1, 0.15) is 12.1 Å². The van der Waals surface area contributed by atoms with Gasteiger partial charge in [0, 0.05) is 12.1 Å². The maximum atomic E-state index is 12.2. The van der Waals surface area contributed by atoms with Gasteiger partial charge in [-0.05, 0) is 18.8 Å². The van der Waals surface area contributed by atoms with Crippen LogP contribution in [0.25, 0.3) is 0 Å². The van der Waals surface area contributed by atoms with Crippen LogP contribution in [0, 0.1) is 5.92 Å². The summed E-state index contributed by atoms with van der Waals surface area (Å²) in [7, 11) is 0. The number of piperazine rings is 1. The zero-order valence-corrected chi connectivity index (χ0v) is 11.9. The summed E-state index contributed by atoms with van der Waals surface area (Å²) >= 11 is 5.51. The highest BCUT2D eigenvalue weighted by molar-refractivity contribution is 6.25. The standard InChI is InChI=1S/C13H21ClN2O2/c1-4-10-13(18)16(7-5-6-14)11(8-9(2)3)12(17)15-10/h5-6,9-11H,4,7-8H2,1-3H3,(H,15,17)/b6-5+. The molecule has 0 aromatic rings. The molecule has 1 fully saturated rings. The van der Waals surface area contributed by atoms with Crippen LogP contribution in [0.1, 0.15) is 33.6 Å². The molecule has 0 radical (unpaired) electrons. The maximum absolute atomic E-state index is 12.2. The molecule has 1 N–H and O–H groups in total. The van der Waals surface area contributed by atoms with E-state index >= 15 is 0 Å². The second-order valence-electron chi connectivity index (χ2n) is 4.97. The van der Waals surface area contributed by atoms with Crippen LogP contribution in [0.15, 0.2) is 11.6 Å². The van der Waals surface area contributed by atoms with Gasteiger partial charge in [0.2, 0.25) is 11.8 Å².